The summed E-state index contributed by atoms with van der Waals surface area (Å²) in [6, 6.07) is 8.47. The second kappa shape index (κ2) is 7.33. The van der Waals surface area contributed by atoms with E-state index in [1.165, 1.54) is 24.1 Å². The Morgan fingerprint density at radius 1 is 1.28 bits per heavy atom. The van der Waals surface area contributed by atoms with Gasteiger partial charge in [-0.15, -0.1) is 0 Å². The van der Waals surface area contributed by atoms with Crippen molar-refractivity contribution in [2.24, 2.45) is 0 Å². The van der Waals surface area contributed by atoms with E-state index in [0.717, 1.165) is 13.0 Å². The molecule has 2 aromatic heterocycles. The molecule has 0 saturated carbocycles. The highest BCUT2D eigenvalue weighted by atomic mass is 32.1. The van der Waals surface area contributed by atoms with Crippen molar-refractivity contribution in [2.45, 2.75) is 32.0 Å². The zero-order chi connectivity index (χ0) is 17.1. The maximum absolute atomic E-state index is 12.9. The molecule has 0 radical (unpaired) electrons. The minimum atomic E-state index is -0.292. The van der Waals surface area contributed by atoms with Gasteiger partial charge in [-0.2, -0.15) is 16.3 Å². The lowest BCUT2D eigenvalue weighted by Gasteiger charge is -2.21. The number of likely N-dealkylation sites (tertiary alicyclic amines) is 1. The van der Waals surface area contributed by atoms with Crippen LogP contribution >= 0.6 is 11.3 Å². The number of ether oxygens (including phenoxy) is 1. The Morgan fingerprint density at radius 2 is 2.16 bits per heavy atom. The molecule has 3 heterocycles. The molecule has 0 N–H and O–H groups in total. The number of nitrogens with zero attached hydrogens (tertiary/aromatic N) is 3. The van der Waals surface area contributed by atoms with Crippen molar-refractivity contribution in [3.05, 3.63) is 64.2 Å². The van der Waals surface area contributed by atoms with Gasteiger partial charge in [0.2, 0.25) is 11.7 Å². The van der Waals surface area contributed by atoms with Crippen LogP contribution in [0.25, 0.3) is 0 Å². The first-order valence-corrected chi connectivity index (χ1v) is 9.18. The highest BCUT2D eigenvalue weighted by Crippen LogP contribution is 2.33. The van der Waals surface area contributed by atoms with E-state index in [1.807, 2.05) is 0 Å². The van der Waals surface area contributed by atoms with Crippen LogP contribution in [0.5, 0.6) is 5.75 Å². The fourth-order valence-electron chi connectivity index (χ4n) is 3.12. The Kier molecular flexibility index (Phi) is 4.76. The molecule has 0 aliphatic carbocycles. The van der Waals surface area contributed by atoms with Crippen molar-refractivity contribution in [2.75, 3.05) is 6.54 Å². The number of rotatable bonds is 6. The molecule has 1 aromatic carbocycles. The van der Waals surface area contributed by atoms with Gasteiger partial charge in [-0.05, 0) is 66.0 Å². The van der Waals surface area contributed by atoms with Crippen molar-refractivity contribution < 1.29 is 13.7 Å². The van der Waals surface area contributed by atoms with Crippen LogP contribution in [0.3, 0.4) is 0 Å². The Labute approximate surface area is 149 Å². The van der Waals surface area contributed by atoms with Crippen LogP contribution in [0.1, 0.15) is 36.2 Å². The molecular weight excluding hydrogens is 341 g/mol. The summed E-state index contributed by atoms with van der Waals surface area (Å²) in [5.41, 5.74) is 1.36. The minimum absolute atomic E-state index is 0.198. The molecule has 1 atom stereocenters. The van der Waals surface area contributed by atoms with Crippen LogP contribution in [0, 0.1) is 5.82 Å². The molecular formula is C18H18FN3O2S. The van der Waals surface area contributed by atoms with E-state index in [0.29, 0.717) is 30.1 Å². The highest BCUT2D eigenvalue weighted by Gasteiger charge is 2.27. The molecule has 0 amide bonds. The summed E-state index contributed by atoms with van der Waals surface area (Å²) < 4.78 is 23.8. The van der Waals surface area contributed by atoms with Crippen molar-refractivity contribution >= 4 is 11.3 Å². The van der Waals surface area contributed by atoms with Gasteiger partial charge in [0.15, 0.2) is 6.61 Å². The molecule has 7 heteroatoms. The average molecular weight is 359 g/mol. The number of aromatic nitrogens is 2. The van der Waals surface area contributed by atoms with E-state index >= 15 is 0 Å². The molecule has 3 aromatic rings. The molecule has 1 aliphatic rings. The summed E-state index contributed by atoms with van der Waals surface area (Å²) in [5, 5.41) is 8.29. The van der Waals surface area contributed by atoms with Gasteiger partial charge in [-0.25, -0.2) is 4.39 Å². The van der Waals surface area contributed by atoms with E-state index in [4.69, 9.17) is 9.26 Å². The van der Waals surface area contributed by atoms with Gasteiger partial charge in [0.05, 0.1) is 6.54 Å². The van der Waals surface area contributed by atoms with Crippen LogP contribution in [-0.2, 0) is 13.2 Å². The molecule has 1 aliphatic heterocycles. The lowest BCUT2D eigenvalue weighted by molar-refractivity contribution is 0.212. The quantitative estimate of drug-likeness (QED) is 0.661. The van der Waals surface area contributed by atoms with Crippen molar-refractivity contribution in [3.8, 4) is 5.75 Å². The van der Waals surface area contributed by atoms with Gasteiger partial charge in [0.1, 0.15) is 11.6 Å². The van der Waals surface area contributed by atoms with E-state index in [-0.39, 0.29) is 12.4 Å². The van der Waals surface area contributed by atoms with Crippen LogP contribution in [0.15, 0.2) is 45.6 Å². The van der Waals surface area contributed by atoms with Crippen LogP contribution in [0.4, 0.5) is 4.39 Å². The zero-order valence-corrected chi connectivity index (χ0v) is 14.4. The fourth-order valence-corrected chi connectivity index (χ4v) is 3.83. The zero-order valence-electron chi connectivity index (χ0n) is 13.6. The first kappa shape index (κ1) is 16.2. The Hall–Kier alpha value is -2.25. The minimum Gasteiger partial charge on any atom is -0.485 e. The van der Waals surface area contributed by atoms with E-state index in [2.05, 4.69) is 31.9 Å². The Bertz CT molecular complexity index is 804. The van der Waals surface area contributed by atoms with Crippen LogP contribution in [-0.4, -0.2) is 21.6 Å². The standard InChI is InChI=1S/C18H18FN3O2S/c19-14-3-5-15(6-4-14)23-11-17-20-18(24-21-17)10-22-8-1-2-16(22)13-7-9-25-12-13/h3-7,9,12,16H,1-2,8,10-11H2/t16-/m0/s1. The predicted molar refractivity (Wildman–Crippen MR) is 91.7 cm³/mol. The Balaban J connectivity index is 1.35. The number of hydrogen-bond donors (Lipinski definition) is 0. The van der Waals surface area contributed by atoms with E-state index in [1.54, 1.807) is 23.5 Å². The number of thiophene rings is 1. The molecule has 0 bridgehead atoms. The number of halogens is 1. The average Bonchev–Trinajstić information content (AvgIpc) is 3.36. The monoisotopic (exact) mass is 359 g/mol. The predicted octanol–water partition coefficient (Wildman–Crippen LogP) is 4.19. The maximum Gasteiger partial charge on any atom is 0.240 e. The molecule has 5 nitrogen and oxygen atoms in total. The van der Waals surface area contributed by atoms with Crippen LogP contribution < -0.4 is 4.74 Å². The first-order valence-electron chi connectivity index (χ1n) is 8.24. The highest BCUT2D eigenvalue weighted by molar-refractivity contribution is 7.07. The second-order valence-corrected chi connectivity index (χ2v) is 6.81. The normalized spacial score (nSPS) is 17.9. The smallest absolute Gasteiger partial charge is 0.240 e. The third-order valence-corrected chi connectivity index (χ3v) is 5.02. The van der Waals surface area contributed by atoms with Gasteiger partial charge < -0.3 is 9.26 Å². The topological polar surface area (TPSA) is 51.4 Å². The van der Waals surface area contributed by atoms with Gasteiger partial charge in [-0.3, -0.25) is 4.90 Å². The molecule has 0 unspecified atom stereocenters. The summed E-state index contributed by atoms with van der Waals surface area (Å²) in [4.78, 5) is 6.78. The molecule has 4 rings (SSSR count). The lowest BCUT2D eigenvalue weighted by atomic mass is 10.1. The van der Waals surface area contributed by atoms with Gasteiger partial charge in [0, 0.05) is 6.04 Å². The summed E-state index contributed by atoms with van der Waals surface area (Å²) in [6.45, 7) is 1.87. The van der Waals surface area contributed by atoms with E-state index in [9.17, 15) is 4.39 Å². The van der Waals surface area contributed by atoms with Crippen molar-refractivity contribution in [1.29, 1.82) is 0 Å². The Morgan fingerprint density at radius 3 is 2.96 bits per heavy atom. The molecule has 1 saturated heterocycles. The summed E-state index contributed by atoms with van der Waals surface area (Å²) in [5.74, 6) is 1.37. The summed E-state index contributed by atoms with van der Waals surface area (Å²) in [6.07, 6.45) is 2.33. The summed E-state index contributed by atoms with van der Waals surface area (Å²) >= 11 is 1.73. The fraction of sp³-hybridized carbons (Fsp3) is 0.333. The maximum atomic E-state index is 12.9. The number of benzene rings is 1. The lowest BCUT2D eigenvalue weighted by Crippen LogP contribution is -2.22. The number of hydrogen-bond acceptors (Lipinski definition) is 6. The molecule has 25 heavy (non-hydrogen) atoms. The largest absolute Gasteiger partial charge is 0.485 e. The van der Waals surface area contributed by atoms with Gasteiger partial charge >= 0.3 is 0 Å². The summed E-state index contributed by atoms with van der Waals surface area (Å²) in [7, 11) is 0. The first-order chi connectivity index (χ1) is 12.3. The second-order valence-electron chi connectivity index (χ2n) is 6.03. The SMILES string of the molecule is Fc1ccc(OCc2noc(CN3CCC[C@H]3c3ccsc3)n2)cc1. The van der Waals surface area contributed by atoms with E-state index < -0.39 is 0 Å². The third-order valence-electron chi connectivity index (χ3n) is 4.32. The van der Waals surface area contributed by atoms with Crippen molar-refractivity contribution in [1.82, 2.24) is 15.0 Å². The van der Waals surface area contributed by atoms with Crippen LogP contribution in [0.2, 0.25) is 0 Å². The molecule has 0 spiro atoms. The molecule has 1 fully saturated rings. The van der Waals surface area contributed by atoms with Crippen molar-refractivity contribution in [3.63, 3.8) is 0 Å². The van der Waals surface area contributed by atoms with Gasteiger partial charge in [-0.1, -0.05) is 5.16 Å². The van der Waals surface area contributed by atoms with Gasteiger partial charge in [0.25, 0.3) is 0 Å². The third kappa shape index (κ3) is 3.88. The molecule has 130 valence electrons.